The third-order valence-corrected chi connectivity index (χ3v) is 17.4. The average Bonchev–Trinajstić information content (AvgIpc) is 4.37. The molecule has 1 aromatic heterocycles. The van der Waals surface area contributed by atoms with Gasteiger partial charge in [0.05, 0.1) is 4.88 Å². The third-order valence-electron chi connectivity index (χ3n) is 15.3. The number of fused-ring (bicyclic) bond motifs is 3. The van der Waals surface area contributed by atoms with Gasteiger partial charge >= 0.3 is 13.3 Å². The zero-order valence-electron chi connectivity index (χ0n) is 45.6. The Bertz CT molecular complexity index is 3340. The quantitative estimate of drug-likeness (QED) is 0.0290. The van der Waals surface area contributed by atoms with Crippen molar-refractivity contribution in [1.82, 2.24) is 40.9 Å². The summed E-state index contributed by atoms with van der Waals surface area (Å²) < 4.78 is 41.4. The van der Waals surface area contributed by atoms with E-state index in [1.54, 1.807) is 48.5 Å². The molecule has 0 aliphatic carbocycles. The van der Waals surface area contributed by atoms with Crippen LogP contribution in [0.3, 0.4) is 0 Å². The average molecular weight is 1180 g/mol. The molecule has 3 fully saturated rings. The van der Waals surface area contributed by atoms with Crippen molar-refractivity contribution in [2.75, 3.05) is 27.2 Å². The number of rotatable bonds is 20. The van der Waals surface area contributed by atoms with Gasteiger partial charge in [-0.25, -0.2) is 0 Å². The van der Waals surface area contributed by atoms with Crippen LogP contribution in [0, 0.1) is 11.8 Å². The lowest BCUT2D eigenvalue weighted by Gasteiger charge is -2.39. The molecule has 4 aliphatic rings. The van der Waals surface area contributed by atoms with Gasteiger partial charge < -0.3 is 51.1 Å². The fourth-order valence-electron chi connectivity index (χ4n) is 10.8. The maximum absolute atomic E-state index is 15.0. The van der Waals surface area contributed by atoms with E-state index in [0.717, 1.165) is 29.0 Å². The van der Waals surface area contributed by atoms with Crippen LogP contribution in [0.25, 0.3) is 10.1 Å². The Morgan fingerprint density at radius 2 is 1.66 bits per heavy atom. The lowest BCUT2D eigenvalue weighted by Crippen LogP contribution is -2.62. The smallest absolute Gasteiger partial charge is 0.370 e. The highest BCUT2D eigenvalue weighted by atomic mass is 32.1. The van der Waals surface area contributed by atoms with E-state index in [1.807, 2.05) is 0 Å². The van der Waals surface area contributed by atoms with E-state index in [0.29, 0.717) is 47.1 Å². The number of amides is 10. The number of carbonyl (C=O) groups is 10. The number of hydrogen-bond acceptors (Lipinski definition) is 12. The molecule has 83 heavy (non-hydrogen) atoms. The summed E-state index contributed by atoms with van der Waals surface area (Å²) in [4.78, 5) is 159. The molecule has 440 valence electrons. The number of thiophene rings is 1. The number of benzene rings is 3. The molecule has 0 bridgehead atoms. The predicted molar refractivity (Wildman–Crippen MR) is 297 cm³/mol. The molecule has 3 aromatic carbocycles. The summed E-state index contributed by atoms with van der Waals surface area (Å²) in [5.74, 6) is 0.419. The van der Waals surface area contributed by atoms with Crippen molar-refractivity contribution < 1.29 is 71.1 Å². The van der Waals surface area contributed by atoms with Gasteiger partial charge in [-0.1, -0.05) is 60.7 Å². The first-order valence-corrected chi connectivity index (χ1v) is 29.6. The fraction of sp³-hybridized carbons (Fsp3) is 0.439. The fourth-order valence-corrected chi connectivity index (χ4v) is 12.3. The summed E-state index contributed by atoms with van der Waals surface area (Å²) in [6.45, 7) is -0.0586. The molecule has 1 unspecified atom stereocenters. The lowest BCUT2D eigenvalue weighted by atomic mass is 10.0. The molecule has 0 saturated carbocycles. The SMILES string of the molecule is CN(C)C(=O)[C@H](Cc1ccccc1)NC(=O)[C@H](CCC(N)=O)NC(=O)[C@@H]1CC[C@@H]2CCN(C(=O)CCCCCC#Cc3cccc4c3CN(C3CCC(=O)NC3=O)C4=O)C[C@H](NC(=O)c3cc4cc(C(F)(F)P(=O)(O)O)ccc4s3)C(=O)N21. The minimum Gasteiger partial charge on any atom is -0.370 e. The van der Waals surface area contributed by atoms with Crippen molar-refractivity contribution in [1.29, 1.82) is 0 Å². The molecule has 3 saturated heterocycles. The van der Waals surface area contributed by atoms with Crippen molar-refractivity contribution in [2.45, 2.75) is 132 Å². The van der Waals surface area contributed by atoms with E-state index in [9.17, 15) is 71.1 Å². The molecule has 22 nitrogen and oxygen atoms in total. The molecule has 4 aliphatic heterocycles. The minimum absolute atomic E-state index is 0.0553. The topological polar surface area (TPSA) is 315 Å². The first-order chi connectivity index (χ1) is 39.4. The molecule has 8 rings (SSSR count). The van der Waals surface area contributed by atoms with E-state index in [2.05, 4.69) is 33.1 Å². The summed E-state index contributed by atoms with van der Waals surface area (Å²) >= 11 is 0.853. The number of imide groups is 1. The second-order valence-corrected chi connectivity index (χ2v) is 24.0. The summed E-state index contributed by atoms with van der Waals surface area (Å²) in [6.07, 6.45) is 2.62. The Balaban J connectivity index is 0.958. The standard InChI is InChI=1S/C57H64F2N9O13PS/c1-65(2)55(77)41(28-33-12-7-6-8-13-33)62-50(72)40(20-24-47(60)69)61-52(74)44-21-19-37-26-27-66(32-42(56(78)68(37)44)63-53(75)46-30-35-29-36(18-23-45(35)83-46)57(58,59)82(79,80)81)49(71)17-10-5-3-4-9-14-34-15-11-16-38-39(34)31-67(54(38)76)43-22-25-48(70)64-51(43)73/h6-8,11-13,15-16,18,23,29-30,37,40-44H,3-5,10,17,19-22,24-28,31-32H2,1-2H3,(H2,60,69)(H,61,74)(H,62,72)(H,63,75)(H,64,70,73)(H2,79,80,81)/t37-,40+,41+,42+,43?,44+/m1/s1. The van der Waals surface area contributed by atoms with E-state index >= 15 is 0 Å². The molecule has 10 amide bonds. The largest absolute Gasteiger partial charge is 0.399 e. The highest BCUT2D eigenvalue weighted by Gasteiger charge is 2.51. The lowest BCUT2D eigenvalue weighted by molar-refractivity contribution is -0.146. The number of carbonyl (C=O) groups excluding carboxylic acids is 10. The summed E-state index contributed by atoms with van der Waals surface area (Å²) in [7, 11) is -2.89. The van der Waals surface area contributed by atoms with Crippen LogP contribution in [0.15, 0.2) is 72.8 Å². The van der Waals surface area contributed by atoms with Crippen LogP contribution < -0.4 is 27.0 Å². The van der Waals surface area contributed by atoms with Crippen LogP contribution >= 0.6 is 18.9 Å². The molecular weight excluding hydrogens is 1120 g/mol. The van der Waals surface area contributed by atoms with E-state index in [-0.39, 0.29) is 105 Å². The molecule has 4 aromatic rings. The number of unbranched alkanes of at least 4 members (excludes halogenated alkanes) is 3. The Morgan fingerprint density at radius 3 is 2.37 bits per heavy atom. The van der Waals surface area contributed by atoms with Gasteiger partial charge in [0.1, 0.15) is 30.2 Å². The third kappa shape index (κ3) is 14.3. The summed E-state index contributed by atoms with van der Waals surface area (Å²) in [5, 5.41) is 10.5. The van der Waals surface area contributed by atoms with Crippen LogP contribution in [0.2, 0.25) is 0 Å². The first kappa shape index (κ1) is 61.2. The van der Waals surface area contributed by atoms with Crippen molar-refractivity contribution in [2.24, 2.45) is 5.73 Å². The zero-order valence-corrected chi connectivity index (χ0v) is 47.3. The highest BCUT2D eigenvalue weighted by Crippen LogP contribution is 2.59. The number of alkyl halides is 2. The monoisotopic (exact) mass is 1180 g/mol. The molecule has 0 radical (unpaired) electrons. The van der Waals surface area contributed by atoms with Crippen LogP contribution in [0.4, 0.5) is 8.78 Å². The molecule has 6 atom stereocenters. The molecule has 26 heteroatoms. The summed E-state index contributed by atoms with van der Waals surface area (Å²) in [5.41, 5.74) is 2.48. The molecule has 8 N–H and O–H groups in total. The normalized spacial score (nSPS) is 19.8. The number of nitrogens with two attached hydrogens (primary N) is 1. The second kappa shape index (κ2) is 26.1. The predicted octanol–water partition coefficient (Wildman–Crippen LogP) is 3.15. The summed E-state index contributed by atoms with van der Waals surface area (Å²) in [6, 6.07) is 11.6. The molecule has 5 heterocycles. The second-order valence-electron chi connectivity index (χ2n) is 21.2. The van der Waals surface area contributed by atoms with Gasteiger partial charge in [0.2, 0.25) is 47.3 Å². The van der Waals surface area contributed by atoms with Gasteiger partial charge in [-0.2, -0.15) is 8.78 Å². The van der Waals surface area contributed by atoms with Crippen LogP contribution in [-0.4, -0.2) is 152 Å². The van der Waals surface area contributed by atoms with Gasteiger partial charge in [0.25, 0.3) is 11.8 Å². The Morgan fingerprint density at radius 1 is 0.904 bits per heavy atom. The number of likely N-dealkylation sites (N-methyl/N-ethyl adjacent to an activating group) is 1. The molecular formula is C57H64F2N9O13PS. The van der Waals surface area contributed by atoms with Crippen molar-refractivity contribution in [3.63, 3.8) is 0 Å². The van der Waals surface area contributed by atoms with Crippen molar-refractivity contribution in [3.05, 3.63) is 105 Å². The number of halogens is 2. The number of nitrogens with zero attached hydrogens (tertiary/aromatic N) is 4. The van der Waals surface area contributed by atoms with Crippen molar-refractivity contribution in [3.8, 4) is 11.8 Å². The Labute approximate surface area is 480 Å². The van der Waals surface area contributed by atoms with Crippen LogP contribution in [0.5, 0.6) is 0 Å². The van der Waals surface area contributed by atoms with E-state index < -0.39 is 96.4 Å². The number of primary amides is 1. The van der Waals surface area contributed by atoms with Gasteiger partial charge in [-0.05, 0) is 91.8 Å². The Hall–Kier alpha value is -7.91. The van der Waals surface area contributed by atoms with Gasteiger partial charge in [0, 0.05) is 93.3 Å². The van der Waals surface area contributed by atoms with Gasteiger partial charge in [-0.15, -0.1) is 11.3 Å². The van der Waals surface area contributed by atoms with Gasteiger partial charge in [0.15, 0.2) is 0 Å². The van der Waals surface area contributed by atoms with Crippen molar-refractivity contribution >= 4 is 88.1 Å². The van der Waals surface area contributed by atoms with E-state index in [1.165, 1.54) is 45.8 Å². The van der Waals surface area contributed by atoms with Crippen LogP contribution in [0.1, 0.15) is 119 Å². The maximum Gasteiger partial charge on any atom is 0.399 e. The van der Waals surface area contributed by atoms with E-state index in [4.69, 9.17) is 5.73 Å². The maximum atomic E-state index is 15.0. The number of hydrogen-bond donors (Lipinski definition) is 7. The van der Waals surface area contributed by atoms with Gasteiger partial charge in [-0.3, -0.25) is 57.8 Å². The Kier molecular flexibility index (Phi) is 19.3. The number of nitrogens with one attached hydrogen (secondary N) is 4. The first-order valence-electron chi connectivity index (χ1n) is 27.2. The number of piperidine rings is 1. The zero-order chi connectivity index (χ0) is 59.9. The highest BCUT2D eigenvalue weighted by molar-refractivity contribution is 7.52. The molecule has 0 spiro atoms. The minimum atomic E-state index is -5.93. The van der Waals surface area contributed by atoms with Crippen LogP contribution in [-0.2, 0) is 61.6 Å².